The van der Waals surface area contributed by atoms with Gasteiger partial charge < -0.3 is 15.0 Å². The van der Waals surface area contributed by atoms with Crippen molar-refractivity contribution in [1.29, 1.82) is 0 Å². The summed E-state index contributed by atoms with van der Waals surface area (Å²) < 4.78 is 40.6. The summed E-state index contributed by atoms with van der Waals surface area (Å²) in [5.41, 5.74) is 0.304. The number of alkyl halides is 3. The molecule has 1 atom stereocenters. The largest absolute Gasteiger partial charge is 0.573 e. The van der Waals surface area contributed by atoms with Gasteiger partial charge in [-0.25, -0.2) is 0 Å². The van der Waals surface area contributed by atoms with E-state index in [1.807, 2.05) is 0 Å². The number of nitrogens with zero attached hydrogens (tertiary/aromatic N) is 1. The number of carbonyl (C=O) groups excluding carboxylic acids is 2. The topological polar surface area (TPSA) is 58.6 Å². The van der Waals surface area contributed by atoms with Crippen LogP contribution in [0.15, 0.2) is 24.3 Å². The molecule has 0 spiro atoms. The Hall–Kier alpha value is -2.25. The summed E-state index contributed by atoms with van der Waals surface area (Å²) in [7, 11) is 0. The fraction of sp³-hybridized carbons (Fsp3) is 0.467. The number of hydrogen-bond acceptors (Lipinski definition) is 3. The van der Waals surface area contributed by atoms with E-state index in [-0.39, 0.29) is 17.7 Å². The Morgan fingerprint density at radius 1 is 1.39 bits per heavy atom. The Bertz CT molecular complexity index is 602. The van der Waals surface area contributed by atoms with Crippen LogP contribution in [-0.4, -0.2) is 30.8 Å². The van der Waals surface area contributed by atoms with Crippen LogP contribution in [0.4, 0.5) is 18.9 Å². The maximum Gasteiger partial charge on any atom is 0.573 e. The van der Waals surface area contributed by atoms with Crippen LogP contribution in [0.25, 0.3) is 0 Å². The molecule has 1 fully saturated rings. The van der Waals surface area contributed by atoms with Crippen LogP contribution in [0.5, 0.6) is 5.75 Å². The lowest BCUT2D eigenvalue weighted by Crippen LogP contribution is -2.43. The summed E-state index contributed by atoms with van der Waals surface area (Å²) in [5, 5.41) is 2.64. The summed E-state index contributed by atoms with van der Waals surface area (Å²) in [4.78, 5) is 25.3. The predicted octanol–water partition coefficient (Wildman–Crippen LogP) is 2.46. The Kier molecular flexibility index (Phi) is 4.82. The molecule has 1 aromatic rings. The molecule has 0 aromatic heterocycles. The average molecular weight is 330 g/mol. The molecule has 0 bridgehead atoms. The summed E-state index contributed by atoms with van der Waals surface area (Å²) in [5.74, 6) is -1.22. The molecule has 1 N–H and O–H groups in total. The number of halogens is 3. The number of nitrogens with one attached hydrogen (secondary N) is 1. The van der Waals surface area contributed by atoms with Crippen LogP contribution in [0.2, 0.25) is 0 Å². The highest BCUT2D eigenvalue weighted by atomic mass is 19.4. The van der Waals surface area contributed by atoms with Gasteiger partial charge in [0.25, 0.3) is 0 Å². The molecule has 5 nitrogen and oxygen atoms in total. The molecule has 0 aliphatic carbocycles. The van der Waals surface area contributed by atoms with Crippen molar-refractivity contribution in [3.8, 4) is 5.75 Å². The molecule has 23 heavy (non-hydrogen) atoms. The SMILES string of the molecule is CC(C)C(=O)N[C@H]1CCN(c2cccc(OC(F)(F)F)c2)C1=O. The zero-order valence-corrected chi connectivity index (χ0v) is 12.7. The van der Waals surface area contributed by atoms with E-state index < -0.39 is 18.2 Å². The molecule has 1 aliphatic heterocycles. The van der Waals surface area contributed by atoms with E-state index >= 15 is 0 Å². The van der Waals surface area contributed by atoms with Crippen LogP contribution < -0.4 is 15.0 Å². The molecule has 2 rings (SSSR count). The summed E-state index contributed by atoms with van der Waals surface area (Å²) >= 11 is 0. The first kappa shape index (κ1) is 17.1. The highest BCUT2D eigenvalue weighted by Gasteiger charge is 2.35. The molecule has 8 heteroatoms. The second kappa shape index (κ2) is 6.47. The lowest BCUT2D eigenvalue weighted by molar-refractivity contribution is -0.274. The highest BCUT2D eigenvalue weighted by Crippen LogP contribution is 2.29. The number of ether oxygens (including phenoxy) is 1. The zero-order valence-electron chi connectivity index (χ0n) is 12.7. The molecule has 2 amide bonds. The van der Waals surface area contributed by atoms with Gasteiger partial charge in [0.1, 0.15) is 11.8 Å². The highest BCUT2D eigenvalue weighted by molar-refractivity contribution is 6.01. The van der Waals surface area contributed by atoms with Crippen molar-refractivity contribution in [3.05, 3.63) is 24.3 Å². The zero-order chi connectivity index (χ0) is 17.2. The van der Waals surface area contributed by atoms with Crippen molar-refractivity contribution >= 4 is 17.5 Å². The Morgan fingerprint density at radius 2 is 2.09 bits per heavy atom. The first-order valence-corrected chi connectivity index (χ1v) is 7.15. The monoisotopic (exact) mass is 330 g/mol. The van der Waals surface area contributed by atoms with Gasteiger partial charge in [-0.1, -0.05) is 19.9 Å². The molecular formula is C15H17F3N2O3. The van der Waals surface area contributed by atoms with Gasteiger partial charge in [-0.3, -0.25) is 9.59 Å². The van der Waals surface area contributed by atoms with E-state index in [9.17, 15) is 22.8 Å². The van der Waals surface area contributed by atoms with Gasteiger partial charge in [-0.05, 0) is 18.6 Å². The van der Waals surface area contributed by atoms with Crippen LogP contribution in [0, 0.1) is 5.92 Å². The molecule has 1 saturated heterocycles. The minimum absolute atomic E-state index is 0.237. The maximum absolute atomic E-state index is 12.3. The quantitative estimate of drug-likeness (QED) is 0.923. The van der Waals surface area contributed by atoms with Crippen molar-refractivity contribution in [1.82, 2.24) is 5.32 Å². The van der Waals surface area contributed by atoms with Crippen LogP contribution in [0.1, 0.15) is 20.3 Å². The molecule has 0 unspecified atom stereocenters. The lowest BCUT2D eigenvalue weighted by Gasteiger charge is -2.19. The van der Waals surface area contributed by atoms with Crippen molar-refractivity contribution in [2.24, 2.45) is 5.92 Å². The van der Waals surface area contributed by atoms with Crippen LogP contribution >= 0.6 is 0 Å². The number of carbonyl (C=O) groups is 2. The van der Waals surface area contributed by atoms with Gasteiger partial charge in [0.15, 0.2) is 0 Å². The first-order valence-electron chi connectivity index (χ1n) is 7.15. The third-order valence-electron chi connectivity index (χ3n) is 3.41. The first-order chi connectivity index (χ1) is 10.7. The fourth-order valence-corrected chi connectivity index (χ4v) is 2.26. The Labute approximate surface area is 131 Å². The molecule has 1 heterocycles. The lowest BCUT2D eigenvalue weighted by atomic mass is 10.1. The smallest absolute Gasteiger partial charge is 0.406 e. The second-order valence-corrected chi connectivity index (χ2v) is 5.54. The normalized spacial score (nSPS) is 18.4. The van der Waals surface area contributed by atoms with Crippen LogP contribution in [0.3, 0.4) is 0 Å². The molecule has 1 aliphatic rings. The van der Waals surface area contributed by atoms with Crippen molar-refractivity contribution in [3.63, 3.8) is 0 Å². The fourth-order valence-electron chi connectivity index (χ4n) is 2.26. The second-order valence-electron chi connectivity index (χ2n) is 5.54. The van der Waals surface area contributed by atoms with E-state index in [4.69, 9.17) is 0 Å². The minimum Gasteiger partial charge on any atom is -0.406 e. The predicted molar refractivity (Wildman–Crippen MR) is 76.9 cm³/mol. The summed E-state index contributed by atoms with van der Waals surface area (Å²) in [6.45, 7) is 3.74. The van der Waals surface area contributed by atoms with E-state index in [1.54, 1.807) is 13.8 Å². The number of amides is 2. The van der Waals surface area contributed by atoms with E-state index in [2.05, 4.69) is 10.1 Å². The van der Waals surface area contributed by atoms with Crippen molar-refractivity contribution < 1.29 is 27.5 Å². The summed E-state index contributed by atoms with van der Waals surface area (Å²) in [6, 6.07) is 4.56. The molecular weight excluding hydrogens is 313 g/mol. The molecule has 0 radical (unpaired) electrons. The number of hydrogen-bond donors (Lipinski definition) is 1. The Balaban J connectivity index is 2.10. The maximum atomic E-state index is 12.3. The van der Waals surface area contributed by atoms with Gasteiger partial charge in [0, 0.05) is 24.2 Å². The van der Waals surface area contributed by atoms with Crippen LogP contribution in [-0.2, 0) is 9.59 Å². The molecule has 0 saturated carbocycles. The minimum atomic E-state index is -4.79. The Morgan fingerprint density at radius 3 is 2.70 bits per heavy atom. The number of rotatable bonds is 4. The van der Waals surface area contributed by atoms with Gasteiger partial charge in [0.05, 0.1) is 0 Å². The standard InChI is InChI=1S/C15H17F3N2O3/c1-9(2)13(21)19-12-6-7-20(14(12)22)10-4-3-5-11(8-10)23-15(16,17)18/h3-5,8-9,12H,6-7H2,1-2H3,(H,19,21)/t12-/m0/s1. The average Bonchev–Trinajstić information content (AvgIpc) is 2.78. The number of benzene rings is 1. The van der Waals surface area contributed by atoms with Gasteiger partial charge in [-0.2, -0.15) is 0 Å². The van der Waals surface area contributed by atoms with E-state index in [1.165, 1.54) is 17.0 Å². The molecule has 1 aromatic carbocycles. The summed E-state index contributed by atoms with van der Waals surface area (Å²) in [6.07, 6.45) is -4.39. The number of anilines is 1. The third kappa shape index (κ3) is 4.37. The van der Waals surface area contributed by atoms with Crippen molar-refractivity contribution in [2.45, 2.75) is 32.7 Å². The van der Waals surface area contributed by atoms with E-state index in [0.717, 1.165) is 12.1 Å². The van der Waals surface area contributed by atoms with Gasteiger partial charge >= 0.3 is 6.36 Å². The van der Waals surface area contributed by atoms with Crippen molar-refractivity contribution in [2.75, 3.05) is 11.4 Å². The molecule has 126 valence electrons. The van der Waals surface area contributed by atoms with Gasteiger partial charge in [0.2, 0.25) is 11.8 Å². The van der Waals surface area contributed by atoms with E-state index in [0.29, 0.717) is 18.7 Å². The van der Waals surface area contributed by atoms with Gasteiger partial charge in [-0.15, -0.1) is 13.2 Å². The third-order valence-corrected chi connectivity index (χ3v) is 3.41.